The second-order valence-corrected chi connectivity index (χ2v) is 5.38. The molecule has 7 nitrogen and oxygen atoms in total. The number of nitrogens with zero attached hydrogens (tertiary/aromatic N) is 3. The average molecular weight is 364 g/mol. The molecule has 25 heavy (non-hydrogen) atoms. The van der Waals surface area contributed by atoms with Crippen molar-refractivity contribution in [3.05, 3.63) is 63.2 Å². The third-order valence-electron chi connectivity index (χ3n) is 3.28. The van der Waals surface area contributed by atoms with Crippen molar-refractivity contribution in [1.29, 1.82) is 0 Å². The van der Waals surface area contributed by atoms with Crippen LogP contribution in [-0.2, 0) is 6.42 Å². The lowest BCUT2D eigenvalue weighted by atomic mass is 10.2. The normalized spacial score (nSPS) is 10.7. The number of nitro benzene ring substituents is 1. The fraction of sp³-hybridized carbons (Fsp3) is 0.125. The Morgan fingerprint density at radius 3 is 2.80 bits per heavy atom. The lowest BCUT2D eigenvalue weighted by molar-refractivity contribution is -0.387. The zero-order chi connectivity index (χ0) is 18.0. The van der Waals surface area contributed by atoms with E-state index in [0.717, 1.165) is 12.1 Å². The van der Waals surface area contributed by atoms with E-state index in [9.17, 15) is 14.5 Å². The maximum absolute atomic E-state index is 13.8. The van der Waals surface area contributed by atoms with Crippen molar-refractivity contribution < 1.29 is 18.5 Å². The van der Waals surface area contributed by atoms with Crippen LogP contribution in [0.15, 0.2) is 40.8 Å². The minimum atomic E-state index is -1.04. The van der Waals surface area contributed by atoms with Crippen molar-refractivity contribution >= 4 is 17.3 Å². The number of aryl methyl sites for hydroxylation is 1. The van der Waals surface area contributed by atoms with Crippen LogP contribution in [-0.4, -0.2) is 15.1 Å². The molecule has 128 valence electrons. The van der Waals surface area contributed by atoms with Crippen molar-refractivity contribution in [2.24, 2.45) is 0 Å². The fourth-order valence-corrected chi connectivity index (χ4v) is 2.27. The first kappa shape index (κ1) is 16.8. The minimum Gasteiger partial charge on any atom is -0.456 e. The molecule has 0 aliphatic rings. The van der Waals surface area contributed by atoms with Gasteiger partial charge in [-0.05, 0) is 18.2 Å². The molecular weight excluding hydrogens is 353 g/mol. The molecule has 9 heteroatoms. The van der Waals surface area contributed by atoms with Crippen LogP contribution in [0.2, 0.25) is 5.02 Å². The van der Waals surface area contributed by atoms with Crippen LogP contribution in [0.4, 0.5) is 10.1 Å². The summed E-state index contributed by atoms with van der Waals surface area (Å²) in [5, 5.41) is 18.5. The Kier molecular flexibility index (Phi) is 4.62. The standard InChI is InChI=1S/C16H11ClFN3O4/c1-2-15-19-20-16(25-15)9-4-3-5-10(6-9)24-14-8-12(18)13(21(22)23)7-11(14)17/h3-8H,2H2,1H3. The largest absolute Gasteiger partial charge is 0.456 e. The van der Waals surface area contributed by atoms with Crippen LogP contribution >= 0.6 is 11.6 Å². The first-order valence-corrected chi connectivity index (χ1v) is 7.60. The molecule has 0 atom stereocenters. The Hall–Kier alpha value is -3.00. The zero-order valence-corrected chi connectivity index (χ0v) is 13.7. The highest BCUT2D eigenvalue weighted by Crippen LogP contribution is 2.35. The summed E-state index contributed by atoms with van der Waals surface area (Å²) in [6, 6.07) is 8.45. The molecule has 0 bridgehead atoms. The third kappa shape index (κ3) is 3.58. The summed E-state index contributed by atoms with van der Waals surface area (Å²) >= 11 is 5.94. The number of nitro groups is 1. The molecule has 0 aliphatic carbocycles. The maximum Gasteiger partial charge on any atom is 0.306 e. The van der Waals surface area contributed by atoms with Gasteiger partial charge in [-0.25, -0.2) is 0 Å². The van der Waals surface area contributed by atoms with Gasteiger partial charge in [-0.15, -0.1) is 10.2 Å². The van der Waals surface area contributed by atoms with Crippen molar-refractivity contribution in [3.63, 3.8) is 0 Å². The van der Waals surface area contributed by atoms with E-state index in [2.05, 4.69) is 10.2 Å². The van der Waals surface area contributed by atoms with E-state index in [0.29, 0.717) is 29.5 Å². The molecule has 1 heterocycles. The summed E-state index contributed by atoms with van der Waals surface area (Å²) < 4.78 is 24.8. The van der Waals surface area contributed by atoms with Gasteiger partial charge >= 0.3 is 5.69 Å². The van der Waals surface area contributed by atoms with Gasteiger partial charge in [0.1, 0.15) is 11.5 Å². The van der Waals surface area contributed by atoms with E-state index in [-0.39, 0.29) is 10.8 Å². The summed E-state index contributed by atoms with van der Waals surface area (Å²) in [5.74, 6) is 0.0840. The number of benzene rings is 2. The molecule has 0 saturated carbocycles. The monoisotopic (exact) mass is 363 g/mol. The zero-order valence-electron chi connectivity index (χ0n) is 12.9. The molecule has 1 aromatic heterocycles. The predicted octanol–water partition coefficient (Wildman–Crippen LogP) is 4.79. The second-order valence-electron chi connectivity index (χ2n) is 4.98. The molecule has 3 rings (SSSR count). The molecule has 0 radical (unpaired) electrons. The molecule has 0 saturated heterocycles. The quantitative estimate of drug-likeness (QED) is 0.478. The molecule has 3 aromatic rings. The number of hydrogen-bond donors (Lipinski definition) is 0. The number of ether oxygens (including phenoxy) is 1. The van der Waals surface area contributed by atoms with Crippen molar-refractivity contribution in [1.82, 2.24) is 10.2 Å². The van der Waals surface area contributed by atoms with Crippen LogP contribution in [0.5, 0.6) is 11.5 Å². The van der Waals surface area contributed by atoms with Crippen LogP contribution < -0.4 is 4.74 Å². The minimum absolute atomic E-state index is 0.0401. The molecule has 0 unspecified atom stereocenters. The van der Waals surface area contributed by atoms with Gasteiger partial charge in [-0.3, -0.25) is 10.1 Å². The Morgan fingerprint density at radius 1 is 1.32 bits per heavy atom. The number of hydrogen-bond acceptors (Lipinski definition) is 6. The van der Waals surface area contributed by atoms with E-state index in [1.54, 1.807) is 24.3 Å². The van der Waals surface area contributed by atoms with Gasteiger partial charge in [-0.2, -0.15) is 4.39 Å². The van der Waals surface area contributed by atoms with E-state index >= 15 is 0 Å². The van der Waals surface area contributed by atoms with Gasteiger partial charge < -0.3 is 9.15 Å². The van der Waals surface area contributed by atoms with Gasteiger partial charge in [0.05, 0.1) is 9.95 Å². The summed E-state index contributed by atoms with van der Waals surface area (Å²) in [7, 11) is 0. The summed E-state index contributed by atoms with van der Waals surface area (Å²) in [6.07, 6.45) is 0.612. The fourth-order valence-electron chi connectivity index (χ4n) is 2.07. The van der Waals surface area contributed by atoms with E-state index in [4.69, 9.17) is 20.8 Å². The SMILES string of the molecule is CCc1nnc(-c2cccc(Oc3cc(F)c([N+](=O)[O-])cc3Cl)c2)o1. The van der Waals surface area contributed by atoms with Crippen molar-refractivity contribution in [2.45, 2.75) is 13.3 Å². The van der Waals surface area contributed by atoms with Gasteiger partial charge in [0, 0.05) is 24.1 Å². The first-order valence-electron chi connectivity index (χ1n) is 7.22. The van der Waals surface area contributed by atoms with Gasteiger partial charge in [0.2, 0.25) is 17.6 Å². The Labute approximate surface area is 146 Å². The highest BCUT2D eigenvalue weighted by atomic mass is 35.5. The number of aromatic nitrogens is 2. The Balaban J connectivity index is 1.90. The number of rotatable bonds is 5. The van der Waals surface area contributed by atoms with Crippen LogP contribution in [0.25, 0.3) is 11.5 Å². The van der Waals surface area contributed by atoms with Crippen molar-refractivity contribution in [3.8, 4) is 23.0 Å². The third-order valence-corrected chi connectivity index (χ3v) is 3.57. The first-order chi connectivity index (χ1) is 12.0. The van der Waals surface area contributed by atoms with Crippen LogP contribution in [0, 0.1) is 15.9 Å². The summed E-state index contributed by atoms with van der Waals surface area (Å²) in [5.41, 5.74) is -0.104. The summed E-state index contributed by atoms with van der Waals surface area (Å²) in [4.78, 5) is 9.86. The summed E-state index contributed by atoms with van der Waals surface area (Å²) in [6.45, 7) is 1.89. The predicted molar refractivity (Wildman–Crippen MR) is 87.3 cm³/mol. The van der Waals surface area contributed by atoms with E-state index in [1.165, 1.54) is 0 Å². The van der Waals surface area contributed by atoms with Crippen LogP contribution in [0.1, 0.15) is 12.8 Å². The maximum atomic E-state index is 13.8. The lowest BCUT2D eigenvalue weighted by Gasteiger charge is -2.08. The Bertz CT molecular complexity index is 945. The van der Waals surface area contributed by atoms with Crippen molar-refractivity contribution in [2.75, 3.05) is 0 Å². The molecule has 2 aromatic carbocycles. The molecule has 0 N–H and O–H groups in total. The molecule has 0 fully saturated rings. The molecule has 0 spiro atoms. The van der Waals surface area contributed by atoms with E-state index in [1.807, 2.05) is 6.92 Å². The smallest absolute Gasteiger partial charge is 0.306 e. The van der Waals surface area contributed by atoms with E-state index < -0.39 is 16.4 Å². The topological polar surface area (TPSA) is 91.3 Å². The van der Waals surface area contributed by atoms with Gasteiger partial charge in [0.25, 0.3) is 0 Å². The van der Waals surface area contributed by atoms with Crippen LogP contribution in [0.3, 0.4) is 0 Å². The molecular formula is C16H11ClFN3O4. The van der Waals surface area contributed by atoms with Gasteiger partial charge in [0.15, 0.2) is 0 Å². The number of halogens is 2. The van der Waals surface area contributed by atoms with Gasteiger partial charge in [-0.1, -0.05) is 24.6 Å². The Morgan fingerprint density at radius 2 is 2.12 bits per heavy atom. The average Bonchev–Trinajstić information content (AvgIpc) is 3.07. The molecule has 0 aliphatic heterocycles. The lowest BCUT2D eigenvalue weighted by Crippen LogP contribution is -1.94. The highest BCUT2D eigenvalue weighted by molar-refractivity contribution is 6.32. The highest BCUT2D eigenvalue weighted by Gasteiger charge is 2.19. The molecule has 0 amide bonds. The second kappa shape index (κ2) is 6.86.